The summed E-state index contributed by atoms with van der Waals surface area (Å²) in [7, 11) is 0. The Morgan fingerprint density at radius 1 is 1.25 bits per heavy atom. The first-order valence-electron chi connectivity index (χ1n) is 7.91. The van der Waals surface area contributed by atoms with Crippen LogP contribution in [-0.2, 0) is 0 Å². The molecule has 0 saturated heterocycles. The molecule has 4 aromatic rings. The first-order valence-corrected chi connectivity index (χ1v) is 8.29. The number of amides is 1. The molecular weight excluding hydrogens is 384 g/mol. The van der Waals surface area contributed by atoms with Gasteiger partial charge in [0.25, 0.3) is 11.6 Å². The minimum atomic E-state index is -0.649. The van der Waals surface area contributed by atoms with Gasteiger partial charge in [-0.3, -0.25) is 19.3 Å². The number of imidazole rings is 1. The van der Waals surface area contributed by atoms with Gasteiger partial charge in [0.2, 0.25) is 5.78 Å². The molecule has 2 heterocycles. The van der Waals surface area contributed by atoms with Gasteiger partial charge in [-0.05, 0) is 18.2 Å². The van der Waals surface area contributed by atoms with Crippen molar-refractivity contribution in [1.29, 1.82) is 5.26 Å². The minimum Gasteiger partial charge on any atom is -0.305 e. The van der Waals surface area contributed by atoms with E-state index in [1.807, 2.05) is 30.3 Å². The fraction of sp³-hybridized carbons (Fsp3) is 0. The van der Waals surface area contributed by atoms with Crippen LogP contribution < -0.4 is 5.32 Å². The van der Waals surface area contributed by atoms with E-state index in [2.05, 4.69) is 15.3 Å². The second-order valence-corrected chi connectivity index (χ2v) is 6.17. The summed E-state index contributed by atoms with van der Waals surface area (Å²) >= 11 is 5.99. The molecule has 0 spiro atoms. The lowest BCUT2D eigenvalue weighted by Crippen LogP contribution is -2.15. The zero-order valence-electron chi connectivity index (χ0n) is 14.0. The first kappa shape index (κ1) is 17.4. The Kier molecular flexibility index (Phi) is 4.10. The lowest BCUT2D eigenvalue weighted by molar-refractivity contribution is -0.384. The molecule has 4 rings (SSSR count). The van der Waals surface area contributed by atoms with Crippen LogP contribution in [0.4, 0.5) is 11.5 Å². The Hall–Kier alpha value is -4.03. The van der Waals surface area contributed by atoms with Crippen molar-refractivity contribution in [1.82, 2.24) is 14.4 Å². The number of nitro groups is 1. The molecule has 2 aromatic carbocycles. The number of nitro benzene ring substituents is 1. The number of non-ortho nitro benzene ring substituents is 1. The summed E-state index contributed by atoms with van der Waals surface area (Å²) in [4.78, 5) is 31.4. The van der Waals surface area contributed by atoms with Crippen LogP contribution in [0.1, 0.15) is 15.9 Å². The van der Waals surface area contributed by atoms with Crippen LogP contribution in [0.3, 0.4) is 0 Å². The van der Waals surface area contributed by atoms with Gasteiger partial charge in [-0.15, -0.1) is 0 Å². The van der Waals surface area contributed by atoms with Crippen molar-refractivity contribution in [3.05, 3.63) is 74.9 Å². The predicted octanol–water partition coefficient (Wildman–Crippen LogP) is 3.57. The van der Waals surface area contributed by atoms with Crippen LogP contribution in [0.25, 0.3) is 16.8 Å². The highest BCUT2D eigenvalue weighted by Crippen LogP contribution is 2.24. The number of carbonyl (C=O) groups is 1. The number of fused-ring (bicyclic) bond motifs is 3. The molecule has 28 heavy (non-hydrogen) atoms. The second kappa shape index (κ2) is 6.61. The van der Waals surface area contributed by atoms with Gasteiger partial charge in [0.05, 0.1) is 26.5 Å². The fourth-order valence-electron chi connectivity index (χ4n) is 2.74. The number of para-hydroxylation sites is 2. The molecule has 136 valence electrons. The number of carbonyl (C=O) groups excluding carboxylic acids is 1. The van der Waals surface area contributed by atoms with Gasteiger partial charge < -0.3 is 5.32 Å². The summed E-state index contributed by atoms with van der Waals surface area (Å²) in [6.07, 6.45) is 1.53. The fourth-order valence-corrected chi connectivity index (χ4v) is 3.00. The lowest BCUT2D eigenvalue weighted by atomic mass is 10.2. The maximum absolute atomic E-state index is 12.6. The molecule has 0 saturated carbocycles. The van der Waals surface area contributed by atoms with Crippen molar-refractivity contribution >= 4 is 45.8 Å². The molecule has 0 bridgehead atoms. The Balaban J connectivity index is 1.75. The number of anilines is 1. The van der Waals surface area contributed by atoms with Gasteiger partial charge in [-0.25, -0.2) is 4.98 Å². The van der Waals surface area contributed by atoms with Gasteiger partial charge in [0.1, 0.15) is 11.6 Å². The van der Waals surface area contributed by atoms with Crippen LogP contribution in [0.5, 0.6) is 0 Å². The van der Waals surface area contributed by atoms with Gasteiger partial charge in [-0.2, -0.15) is 10.2 Å². The molecule has 0 unspecified atom stereocenters. The highest BCUT2D eigenvalue weighted by molar-refractivity contribution is 6.34. The smallest absolute Gasteiger partial charge is 0.270 e. The zero-order chi connectivity index (χ0) is 19.8. The van der Waals surface area contributed by atoms with E-state index in [1.165, 1.54) is 18.3 Å². The molecule has 1 N–H and O–H groups in total. The van der Waals surface area contributed by atoms with E-state index < -0.39 is 10.8 Å². The van der Waals surface area contributed by atoms with Crippen molar-refractivity contribution in [3.63, 3.8) is 0 Å². The van der Waals surface area contributed by atoms with E-state index in [1.54, 1.807) is 4.40 Å². The number of benzene rings is 2. The molecule has 1 amide bonds. The summed E-state index contributed by atoms with van der Waals surface area (Å²) in [6, 6.07) is 12.8. The number of nitrogens with zero attached hydrogens (tertiary/aromatic N) is 5. The number of nitrogens with one attached hydrogen (secondary N) is 1. The number of halogens is 1. The molecule has 0 fully saturated rings. The highest BCUT2D eigenvalue weighted by Gasteiger charge is 2.18. The predicted molar refractivity (Wildman–Crippen MR) is 101 cm³/mol. The third-order valence-corrected chi connectivity index (χ3v) is 4.38. The van der Waals surface area contributed by atoms with Crippen LogP contribution >= 0.6 is 11.6 Å². The third kappa shape index (κ3) is 2.87. The number of hydrogen-bond donors (Lipinski definition) is 1. The normalized spacial score (nSPS) is 10.7. The topological polar surface area (TPSA) is 126 Å². The standard InChI is InChI=1S/C18H9ClN6O3/c19-13-7-11(25(27)28)5-6-12(13)17(26)22-16-10(8-20)9-24-15-4-2-1-3-14(15)21-18(24)23-16/h1-7,9H,(H,21,22,23,26). The molecular formula is C18H9ClN6O3. The minimum absolute atomic E-state index is 0.0183. The van der Waals surface area contributed by atoms with Gasteiger partial charge >= 0.3 is 0 Å². The Bertz CT molecular complexity index is 1320. The quantitative estimate of drug-likeness (QED) is 0.419. The second-order valence-electron chi connectivity index (χ2n) is 5.76. The number of hydrogen-bond acceptors (Lipinski definition) is 6. The Morgan fingerprint density at radius 2 is 2.04 bits per heavy atom. The van der Waals surface area contributed by atoms with E-state index in [4.69, 9.17) is 11.6 Å². The van der Waals surface area contributed by atoms with Crippen LogP contribution in [0.2, 0.25) is 5.02 Å². The number of nitriles is 1. The highest BCUT2D eigenvalue weighted by atomic mass is 35.5. The van der Waals surface area contributed by atoms with Crippen LogP contribution in [-0.4, -0.2) is 25.2 Å². The number of rotatable bonds is 3. The maximum atomic E-state index is 12.6. The molecule has 10 heteroatoms. The van der Waals surface area contributed by atoms with Gasteiger partial charge in [0.15, 0.2) is 5.82 Å². The molecule has 0 radical (unpaired) electrons. The third-order valence-electron chi connectivity index (χ3n) is 4.06. The number of aromatic nitrogens is 3. The van der Waals surface area contributed by atoms with E-state index in [0.29, 0.717) is 11.3 Å². The van der Waals surface area contributed by atoms with E-state index in [-0.39, 0.29) is 27.7 Å². The molecule has 0 aliphatic carbocycles. The van der Waals surface area contributed by atoms with Crippen molar-refractivity contribution in [2.75, 3.05) is 5.32 Å². The summed E-state index contributed by atoms with van der Waals surface area (Å²) in [6.45, 7) is 0. The largest absolute Gasteiger partial charge is 0.305 e. The van der Waals surface area contributed by atoms with E-state index >= 15 is 0 Å². The molecule has 9 nitrogen and oxygen atoms in total. The average Bonchev–Trinajstić information content (AvgIpc) is 3.04. The van der Waals surface area contributed by atoms with Gasteiger partial charge in [0, 0.05) is 18.3 Å². The summed E-state index contributed by atoms with van der Waals surface area (Å²) in [5.41, 5.74) is 1.38. The monoisotopic (exact) mass is 392 g/mol. The first-order chi connectivity index (χ1) is 13.5. The Morgan fingerprint density at radius 3 is 2.75 bits per heavy atom. The van der Waals surface area contributed by atoms with Crippen molar-refractivity contribution in [3.8, 4) is 6.07 Å². The summed E-state index contributed by atoms with van der Waals surface area (Å²) < 4.78 is 1.66. The van der Waals surface area contributed by atoms with Crippen LogP contribution in [0, 0.1) is 21.4 Å². The summed E-state index contributed by atoms with van der Waals surface area (Å²) in [5, 5.41) is 22.7. The molecule has 0 aliphatic rings. The maximum Gasteiger partial charge on any atom is 0.270 e. The van der Waals surface area contributed by atoms with E-state index in [9.17, 15) is 20.2 Å². The SMILES string of the molecule is N#Cc1cn2c(nc1NC(=O)c1ccc([N+](=O)[O-])cc1Cl)nc1ccccc12. The van der Waals surface area contributed by atoms with Gasteiger partial charge in [-0.1, -0.05) is 23.7 Å². The molecule has 0 aliphatic heterocycles. The zero-order valence-corrected chi connectivity index (χ0v) is 14.7. The van der Waals surface area contributed by atoms with Crippen LogP contribution in [0.15, 0.2) is 48.7 Å². The summed E-state index contributed by atoms with van der Waals surface area (Å²) in [5.74, 6) is -0.320. The van der Waals surface area contributed by atoms with Crippen molar-refractivity contribution in [2.24, 2.45) is 0 Å². The average molecular weight is 393 g/mol. The molecule has 0 atom stereocenters. The lowest BCUT2D eigenvalue weighted by Gasteiger charge is -2.08. The Labute approximate surface area is 162 Å². The van der Waals surface area contributed by atoms with Crippen molar-refractivity contribution in [2.45, 2.75) is 0 Å². The molecule has 2 aromatic heterocycles. The van der Waals surface area contributed by atoms with Crippen molar-refractivity contribution < 1.29 is 9.72 Å². The van der Waals surface area contributed by atoms with E-state index in [0.717, 1.165) is 11.6 Å².